The summed E-state index contributed by atoms with van der Waals surface area (Å²) in [5.41, 5.74) is 7.72. The SMILES string of the molecule is CCOc1ccc(C(C)=O)cc1CSC(N)=NC1CCCC1. The highest BCUT2D eigenvalue weighted by atomic mass is 32.2. The molecule has 0 radical (unpaired) electrons. The van der Waals surface area contributed by atoms with Crippen molar-refractivity contribution in [3.63, 3.8) is 0 Å². The molecule has 120 valence electrons. The monoisotopic (exact) mass is 320 g/mol. The first kappa shape index (κ1) is 16.9. The fourth-order valence-corrected chi connectivity index (χ4v) is 3.36. The van der Waals surface area contributed by atoms with E-state index < -0.39 is 0 Å². The Labute approximate surface area is 136 Å². The zero-order valence-electron chi connectivity index (χ0n) is 13.3. The molecule has 0 bridgehead atoms. The van der Waals surface area contributed by atoms with Gasteiger partial charge >= 0.3 is 0 Å². The molecule has 0 spiro atoms. The summed E-state index contributed by atoms with van der Waals surface area (Å²) >= 11 is 1.51. The number of rotatable bonds is 6. The standard InChI is InChI=1S/C17H24N2O2S/c1-3-21-16-9-8-13(12(2)20)10-14(16)11-22-17(18)19-15-6-4-5-7-15/h8-10,15H,3-7,11H2,1-2H3,(H2,18,19). The Morgan fingerprint density at radius 2 is 2.14 bits per heavy atom. The third kappa shape index (κ3) is 4.77. The van der Waals surface area contributed by atoms with Crippen LogP contribution in [0.3, 0.4) is 0 Å². The molecule has 1 aliphatic carbocycles. The van der Waals surface area contributed by atoms with Crippen molar-refractivity contribution in [1.82, 2.24) is 0 Å². The van der Waals surface area contributed by atoms with Gasteiger partial charge in [-0.1, -0.05) is 24.6 Å². The summed E-state index contributed by atoms with van der Waals surface area (Å²) in [7, 11) is 0. The predicted octanol–water partition coefficient (Wildman–Crippen LogP) is 3.78. The topological polar surface area (TPSA) is 64.7 Å². The second-order valence-electron chi connectivity index (χ2n) is 5.51. The number of nitrogens with zero attached hydrogens (tertiary/aromatic N) is 1. The molecule has 0 saturated heterocycles. The fraction of sp³-hybridized carbons (Fsp3) is 0.529. The van der Waals surface area contributed by atoms with E-state index >= 15 is 0 Å². The first-order valence-electron chi connectivity index (χ1n) is 7.83. The van der Waals surface area contributed by atoms with Crippen molar-refractivity contribution >= 4 is 22.7 Å². The van der Waals surface area contributed by atoms with E-state index in [0.717, 1.165) is 24.2 Å². The van der Waals surface area contributed by atoms with Crippen LogP contribution in [-0.2, 0) is 5.75 Å². The van der Waals surface area contributed by atoms with E-state index in [1.165, 1.54) is 24.6 Å². The Balaban J connectivity index is 2.05. The number of amidine groups is 1. The number of benzene rings is 1. The molecule has 0 heterocycles. The molecule has 1 saturated carbocycles. The number of ketones is 1. The highest BCUT2D eigenvalue weighted by Gasteiger charge is 2.14. The van der Waals surface area contributed by atoms with Crippen LogP contribution in [0.15, 0.2) is 23.2 Å². The van der Waals surface area contributed by atoms with Crippen LogP contribution in [0.2, 0.25) is 0 Å². The van der Waals surface area contributed by atoms with E-state index in [0.29, 0.717) is 29.1 Å². The van der Waals surface area contributed by atoms with Crippen LogP contribution in [0.4, 0.5) is 0 Å². The Morgan fingerprint density at radius 3 is 2.77 bits per heavy atom. The maximum absolute atomic E-state index is 11.5. The highest BCUT2D eigenvalue weighted by molar-refractivity contribution is 8.13. The van der Waals surface area contributed by atoms with E-state index in [1.54, 1.807) is 13.0 Å². The van der Waals surface area contributed by atoms with Gasteiger partial charge in [-0.3, -0.25) is 9.79 Å². The predicted molar refractivity (Wildman–Crippen MR) is 92.8 cm³/mol. The van der Waals surface area contributed by atoms with Crippen molar-refractivity contribution in [3.05, 3.63) is 29.3 Å². The zero-order valence-corrected chi connectivity index (χ0v) is 14.1. The number of hydrogen-bond acceptors (Lipinski definition) is 4. The van der Waals surface area contributed by atoms with Gasteiger partial charge in [0.05, 0.1) is 12.6 Å². The molecule has 1 aliphatic rings. The lowest BCUT2D eigenvalue weighted by molar-refractivity contribution is 0.101. The summed E-state index contributed by atoms with van der Waals surface area (Å²) in [5, 5.41) is 0.627. The number of thioether (sulfide) groups is 1. The van der Waals surface area contributed by atoms with Gasteiger partial charge in [-0.2, -0.15) is 0 Å². The Hall–Kier alpha value is -1.49. The van der Waals surface area contributed by atoms with E-state index in [2.05, 4.69) is 4.99 Å². The molecule has 0 aromatic heterocycles. The van der Waals surface area contributed by atoms with Crippen LogP contribution < -0.4 is 10.5 Å². The second kappa shape index (κ2) is 8.22. The normalized spacial score (nSPS) is 16.0. The highest BCUT2D eigenvalue weighted by Crippen LogP contribution is 2.26. The number of carbonyl (C=O) groups excluding carboxylic acids is 1. The lowest BCUT2D eigenvalue weighted by atomic mass is 10.1. The minimum absolute atomic E-state index is 0.0573. The van der Waals surface area contributed by atoms with Crippen LogP contribution in [-0.4, -0.2) is 23.6 Å². The molecule has 5 heteroatoms. The summed E-state index contributed by atoms with van der Waals surface area (Å²) in [6.07, 6.45) is 4.79. The van der Waals surface area contributed by atoms with E-state index in [4.69, 9.17) is 10.5 Å². The maximum atomic E-state index is 11.5. The Kier molecular flexibility index (Phi) is 6.31. The van der Waals surface area contributed by atoms with Gasteiger partial charge in [0.25, 0.3) is 0 Å². The Morgan fingerprint density at radius 1 is 1.41 bits per heavy atom. The molecule has 0 aliphatic heterocycles. The molecule has 2 N–H and O–H groups in total. The summed E-state index contributed by atoms with van der Waals surface area (Å²) in [6, 6.07) is 5.95. The van der Waals surface area contributed by atoms with Crippen LogP contribution in [0.1, 0.15) is 55.5 Å². The number of hydrogen-bond donors (Lipinski definition) is 1. The van der Waals surface area contributed by atoms with Crippen LogP contribution >= 0.6 is 11.8 Å². The van der Waals surface area contributed by atoms with Gasteiger partial charge < -0.3 is 10.5 Å². The molecule has 0 amide bonds. The van der Waals surface area contributed by atoms with Crippen LogP contribution in [0.5, 0.6) is 5.75 Å². The third-order valence-electron chi connectivity index (χ3n) is 3.78. The van der Waals surface area contributed by atoms with Crippen molar-refractivity contribution < 1.29 is 9.53 Å². The van der Waals surface area contributed by atoms with Gasteiger partial charge in [-0.25, -0.2) is 0 Å². The van der Waals surface area contributed by atoms with Gasteiger partial charge in [0.1, 0.15) is 5.75 Å². The fourth-order valence-electron chi connectivity index (χ4n) is 2.61. The lowest BCUT2D eigenvalue weighted by Crippen LogP contribution is -2.12. The molecular weight excluding hydrogens is 296 g/mol. The van der Waals surface area contributed by atoms with Gasteiger partial charge in [0.15, 0.2) is 11.0 Å². The van der Waals surface area contributed by atoms with Crippen LogP contribution in [0.25, 0.3) is 0 Å². The smallest absolute Gasteiger partial charge is 0.159 e. The van der Waals surface area contributed by atoms with Crippen molar-refractivity contribution in [1.29, 1.82) is 0 Å². The maximum Gasteiger partial charge on any atom is 0.159 e. The van der Waals surface area contributed by atoms with E-state index in [1.807, 2.05) is 19.1 Å². The Bertz CT molecular complexity index is 552. The molecule has 2 rings (SSSR count). The third-order valence-corrected chi connectivity index (χ3v) is 4.63. The molecule has 0 unspecified atom stereocenters. The molecule has 4 nitrogen and oxygen atoms in total. The zero-order chi connectivity index (χ0) is 15.9. The minimum atomic E-state index is 0.0573. The van der Waals surface area contributed by atoms with Gasteiger partial charge in [0, 0.05) is 16.9 Å². The molecular formula is C17H24N2O2S. The minimum Gasteiger partial charge on any atom is -0.494 e. The molecule has 22 heavy (non-hydrogen) atoms. The van der Waals surface area contributed by atoms with Crippen LogP contribution in [0, 0.1) is 0 Å². The summed E-state index contributed by atoms with van der Waals surface area (Å²) < 4.78 is 5.63. The van der Waals surface area contributed by atoms with E-state index in [-0.39, 0.29) is 5.78 Å². The molecule has 0 atom stereocenters. The van der Waals surface area contributed by atoms with E-state index in [9.17, 15) is 4.79 Å². The van der Waals surface area contributed by atoms with Crippen molar-refractivity contribution in [3.8, 4) is 5.75 Å². The van der Waals surface area contributed by atoms with Gasteiger partial charge in [-0.05, 0) is 44.9 Å². The quantitative estimate of drug-likeness (QED) is 0.492. The number of carbonyl (C=O) groups is 1. The first-order valence-corrected chi connectivity index (χ1v) is 8.81. The number of Topliss-reactive ketones (excluding diaryl/α,β-unsaturated/α-hetero) is 1. The van der Waals surface area contributed by atoms with Crippen molar-refractivity contribution in [2.45, 2.75) is 51.3 Å². The largest absolute Gasteiger partial charge is 0.494 e. The number of aliphatic imine (C=N–C) groups is 1. The summed E-state index contributed by atoms with van der Waals surface area (Å²) in [4.78, 5) is 16.1. The van der Waals surface area contributed by atoms with Crippen molar-refractivity contribution in [2.75, 3.05) is 6.61 Å². The molecule has 1 aromatic carbocycles. The number of nitrogens with two attached hydrogens (primary N) is 1. The summed E-state index contributed by atoms with van der Waals surface area (Å²) in [5.74, 6) is 1.54. The lowest BCUT2D eigenvalue weighted by Gasteiger charge is -2.11. The van der Waals surface area contributed by atoms with Gasteiger partial charge in [-0.15, -0.1) is 0 Å². The van der Waals surface area contributed by atoms with Crippen molar-refractivity contribution in [2.24, 2.45) is 10.7 Å². The second-order valence-corrected chi connectivity index (χ2v) is 6.50. The van der Waals surface area contributed by atoms with Gasteiger partial charge in [0.2, 0.25) is 0 Å². The average molecular weight is 320 g/mol. The summed E-state index contributed by atoms with van der Waals surface area (Å²) in [6.45, 7) is 4.12. The number of ether oxygens (including phenoxy) is 1. The molecule has 1 aromatic rings. The molecule has 1 fully saturated rings. The first-order chi connectivity index (χ1) is 10.6. The average Bonchev–Trinajstić information content (AvgIpc) is 2.99.